The Morgan fingerprint density at radius 1 is 1.38 bits per heavy atom. The maximum absolute atomic E-state index is 13.1. The Labute approximate surface area is 94.6 Å². The lowest BCUT2D eigenvalue weighted by molar-refractivity contribution is 0.290. The third-order valence-electron chi connectivity index (χ3n) is 2.36. The molecule has 1 rings (SSSR count). The molecule has 1 aromatic rings. The van der Waals surface area contributed by atoms with Crippen LogP contribution in [0, 0.1) is 11.6 Å². The molecule has 16 heavy (non-hydrogen) atoms. The van der Waals surface area contributed by atoms with Crippen LogP contribution in [0.2, 0.25) is 0 Å². The van der Waals surface area contributed by atoms with Crippen molar-refractivity contribution in [1.29, 1.82) is 0 Å². The van der Waals surface area contributed by atoms with Gasteiger partial charge in [0.15, 0.2) is 11.6 Å². The minimum Gasteiger partial charge on any atom is -0.489 e. The first-order valence-corrected chi connectivity index (χ1v) is 5.44. The summed E-state index contributed by atoms with van der Waals surface area (Å²) >= 11 is 0. The highest BCUT2D eigenvalue weighted by Gasteiger charge is 2.04. The maximum Gasteiger partial charge on any atom is 0.165 e. The van der Waals surface area contributed by atoms with Gasteiger partial charge in [0.25, 0.3) is 0 Å². The molecule has 1 aromatic carbocycles. The summed E-state index contributed by atoms with van der Waals surface area (Å²) in [5.41, 5.74) is 0. The Balaban J connectivity index is 2.34. The Morgan fingerprint density at radius 3 is 2.81 bits per heavy atom. The van der Waals surface area contributed by atoms with Crippen molar-refractivity contribution in [1.82, 2.24) is 5.32 Å². The highest BCUT2D eigenvalue weighted by atomic mass is 19.1. The summed E-state index contributed by atoms with van der Waals surface area (Å²) in [5, 5.41) is 3.20. The Kier molecular flexibility index (Phi) is 5.19. The van der Waals surface area contributed by atoms with E-state index in [0.29, 0.717) is 19.2 Å². The second kappa shape index (κ2) is 6.43. The van der Waals surface area contributed by atoms with Crippen LogP contribution in [0.25, 0.3) is 0 Å². The van der Waals surface area contributed by atoms with Crippen LogP contribution in [-0.2, 0) is 0 Å². The zero-order chi connectivity index (χ0) is 12.0. The molecular weight excluding hydrogens is 212 g/mol. The molecule has 0 aromatic heterocycles. The predicted octanol–water partition coefficient (Wildman–Crippen LogP) is 2.73. The standard InChI is InChI=1S/C12H17F2NO/c1-3-9(2)15-6-7-16-12-8-10(13)4-5-11(12)14/h4-5,8-9,15H,3,6-7H2,1-2H3. The van der Waals surface area contributed by atoms with E-state index >= 15 is 0 Å². The van der Waals surface area contributed by atoms with Gasteiger partial charge in [-0.05, 0) is 25.5 Å². The van der Waals surface area contributed by atoms with Crippen molar-refractivity contribution in [3.63, 3.8) is 0 Å². The molecular formula is C12H17F2NO. The van der Waals surface area contributed by atoms with Crippen LogP contribution in [0.3, 0.4) is 0 Å². The summed E-state index contributed by atoms with van der Waals surface area (Å²) in [6.45, 7) is 5.07. The van der Waals surface area contributed by atoms with Gasteiger partial charge in [0.05, 0.1) is 0 Å². The number of nitrogens with one attached hydrogen (secondary N) is 1. The minimum absolute atomic E-state index is 0.0362. The van der Waals surface area contributed by atoms with Crippen LogP contribution < -0.4 is 10.1 Å². The number of hydrogen-bond acceptors (Lipinski definition) is 2. The van der Waals surface area contributed by atoms with E-state index in [0.717, 1.165) is 24.6 Å². The summed E-state index contributed by atoms with van der Waals surface area (Å²) in [5.74, 6) is -1.07. The van der Waals surface area contributed by atoms with Crippen LogP contribution in [-0.4, -0.2) is 19.2 Å². The second-order valence-electron chi connectivity index (χ2n) is 3.69. The fourth-order valence-corrected chi connectivity index (χ4v) is 1.20. The third-order valence-corrected chi connectivity index (χ3v) is 2.36. The van der Waals surface area contributed by atoms with Crippen LogP contribution in [0.4, 0.5) is 8.78 Å². The van der Waals surface area contributed by atoms with Gasteiger partial charge < -0.3 is 10.1 Å². The monoisotopic (exact) mass is 229 g/mol. The van der Waals surface area contributed by atoms with Crippen LogP contribution in [0.5, 0.6) is 5.75 Å². The summed E-state index contributed by atoms with van der Waals surface area (Å²) in [7, 11) is 0. The predicted molar refractivity (Wildman–Crippen MR) is 59.6 cm³/mol. The van der Waals surface area contributed by atoms with Crippen molar-refractivity contribution >= 4 is 0 Å². The molecule has 1 N–H and O–H groups in total. The van der Waals surface area contributed by atoms with Crippen molar-refractivity contribution in [2.24, 2.45) is 0 Å². The van der Waals surface area contributed by atoms with E-state index in [4.69, 9.17) is 4.74 Å². The molecule has 0 spiro atoms. The smallest absolute Gasteiger partial charge is 0.165 e. The number of hydrogen-bond donors (Lipinski definition) is 1. The molecule has 0 aliphatic heterocycles. The molecule has 0 aliphatic rings. The first kappa shape index (κ1) is 12.9. The average Bonchev–Trinajstić information content (AvgIpc) is 2.28. The molecule has 90 valence electrons. The lowest BCUT2D eigenvalue weighted by Gasteiger charge is -2.12. The van der Waals surface area contributed by atoms with E-state index in [1.807, 2.05) is 0 Å². The lowest BCUT2D eigenvalue weighted by atomic mass is 10.3. The van der Waals surface area contributed by atoms with E-state index in [-0.39, 0.29) is 5.75 Å². The van der Waals surface area contributed by atoms with E-state index in [1.54, 1.807) is 0 Å². The Bertz CT molecular complexity index is 331. The number of halogens is 2. The van der Waals surface area contributed by atoms with Crippen molar-refractivity contribution in [3.05, 3.63) is 29.8 Å². The third kappa shape index (κ3) is 4.14. The van der Waals surface area contributed by atoms with Gasteiger partial charge in [-0.25, -0.2) is 8.78 Å². The van der Waals surface area contributed by atoms with Gasteiger partial charge in [-0.1, -0.05) is 6.92 Å². The van der Waals surface area contributed by atoms with Crippen molar-refractivity contribution in [2.75, 3.05) is 13.2 Å². The number of benzene rings is 1. The van der Waals surface area contributed by atoms with Crippen LogP contribution in [0.1, 0.15) is 20.3 Å². The summed E-state index contributed by atoms with van der Waals surface area (Å²) < 4.78 is 31.0. The fraction of sp³-hybridized carbons (Fsp3) is 0.500. The van der Waals surface area contributed by atoms with Crippen LogP contribution >= 0.6 is 0 Å². The van der Waals surface area contributed by atoms with E-state index < -0.39 is 11.6 Å². The van der Waals surface area contributed by atoms with E-state index in [2.05, 4.69) is 19.2 Å². The molecule has 0 radical (unpaired) electrons. The Morgan fingerprint density at radius 2 is 2.12 bits per heavy atom. The topological polar surface area (TPSA) is 21.3 Å². The summed E-state index contributed by atoms with van der Waals surface area (Å²) in [4.78, 5) is 0. The molecule has 1 atom stereocenters. The fourth-order valence-electron chi connectivity index (χ4n) is 1.20. The molecule has 0 heterocycles. The van der Waals surface area contributed by atoms with Crippen molar-refractivity contribution < 1.29 is 13.5 Å². The first-order valence-electron chi connectivity index (χ1n) is 5.44. The van der Waals surface area contributed by atoms with Gasteiger partial charge in [-0.2, -0.15) is 0 Å². The SMILES string of the molecule is CCC(C)NCCOc1cc(F)ccc1F. The minimum atomic E-state index is -0.537. The molecule has 2 nitrogen and oxygen atoms in total. The van der Waals surface area contributed by atoms with Crippen molar-refractivity contribution in [3.8, 4) is 5.75 Å². The highest BCUT2D eigenvalue weighted by molar-refractivity contribution is 5.24. The second-order valence-corrected chi connectivity index (χ2v) is 3.69. The van der Waals surface area contributed by atoms with Gasteiger partial charge in [0.2, 0.25) is 0 Å². The van der Waals surface area contributed by atoms with Gasteiger partial charge in [0.1, 0.15) is 12.4 Å². The molecule has 0 fully saturated rings. The van der Waals surface area contributed by atoms with Gasteiger partial charge in [-0.15, -0.1) is 0 Å². The quantitative estimate of drug-likeness (QED) is 0.757. The van der Waals surface area contributed by atoms with E-state index in [9.17, 15) is 8.78 Å². The highest BCUT2D eigenvalue weighted by Crippen LogP contribution is 2.17. The molecule has 0 amide bonds. The molecule has 4 heteroatoms. The molecule has 0 saturated heterocycles. The summed E-state index contributed by atoms with van der Waals surface area (Å²) in [6.07, 6.45) is 1.02. The van der Waals surface area contributed by atoms with Crippen molar-refractivity contribution in [2.45, 2.75) is 26.3 Å². The lowest BCUT2D eigenvalue weighted by Crippen LogP contribution is -2.29. The molecule has 0 saturated carbocycles. The molecule has 1 unspecified atom stereocenters. The van der Waals surface area contributed by atoms with Crippen LogP contribution in [0.15, 0.2) is 18.2 Å². The molecule has 0 aliphatic carbocycles. The van der Waals surface area contributed by atoms with E-state index in [1.165, 1.54) is 0 Å². The Hall–Kier alpha value is -1.16. The van der Waals surface area contributed by atoms with Gasteiger partial charge in [-0.3, -0.25) is 0 Å². The van der Waals surface area contributed by atoms with Gasteiger partial charge >= 0.3 is 0 Å². The number of ether oxygens (including phenoxy) is 1. The van der Waals surface area contributed by atoms with Gasteiger partial charge in [0, 0.05) is 18.7 Å². The first-order chi connectivity index (χ1) is 7.63. The zero-order valence-electron chi connectivity index (χ0n) is 9.59. The average molecular weight is 229 g/mol. The normalized spacial score (nSPS) is 12.5. The maximum atomic E-state index is 13.1. The zero-order valence-corrected chi connectivity index (χ0v) is 9.59. The summed E-state index contributed by atoms with van der Waals surface area (Å²) in [6, 6.07) is 3.59. The molecule has 0 bridgehead atoms. The largest absolute Gasteiger partial charge is 0.489 e. The number of rotatable bonds is 6.